The van der Waals surface area contributed by atoms with Crippen molar-refractivity contribution in [3.8, 4) is 0 Å². The van der Waals surface area contributed by atoms with Crippen LogP contribution in [0.1, 0.15) is 24.1 Å². The van der Waals surface area contributed by atoms with Gasteiger partial charge in [-0.1, -0.05) is 0 Å². The quantitative estimate of drug-likeness (QED) is 0.780. The lowest BCUT2D eigenvalue weighted by Crippen LogP contribution is -2.28. The maximum Gasteiger partial charge on any atom is 0.0638 e. The van der Waals surface area contributed by atoms with Gasteiger partial charge in [-0.2, -0.15) is 5.10 Å². The van der Waals surface area contributed by atoms with Crippen molar-refractivity contribution in [3.63, 3.8) is 0 Å². The highest BCUT2D eigenvalue weighted by Crippen LogP contribution is 2.30. The first kappa shape index (κ1) is 11.6. The fraction of sp³-hybridized carbons (Fsp3) is 0.750. The van der Waals surface area contributed by atoms with E-state index in [9.17, 15) is 0 Å². The van der Waals surface area contributed by atoms with Crippen molar-refractivity contribution >= 4 is 0 Å². The molecule has 1 aromatic rings. The van der Waals surface area contributed by atoms with Crippen LogP contribution in [0.15, 0.2) is 6.20 Å². The Kier molecular flexibility index (Phi) is 3.61. The van der Waals surface area contributed by atoms with E-state index < -0.39 is 0 Å². The molecule has 0 aromatic carbocycles. The van der Waals surface area contributed by atoms with Crippen LogP contribution in [-0.4, -0.2) is 39.5 Å². The number of nitrogens with zero attached hydrogens (tertiary/aromatic N) is 3. The van der Waals surface area contributed by atoms with Crippen LogP contribution in [0.5, 0.6) is 0 Å². The first-order valence-corrected chi connectivity index (χ1v) is 6.01. The average Bonchev–Trinajstić information content (AvgIpc) is 2.95. The Morgan fingerprint density at radius 2 is 2.31 bits per heavy atom. The number of aliphatic hydroxyl groups excluding tert-OH is 1. The second-order valence-corrected chi connectivity index (χ2v) is 4.82. The summed E-state index contributed by atoms with van der Waals surface area (Å²) in [4.78, 5) is 2.34. The van der Waals surface area contributed by atoms with Crippen molar-refractivity contribution < 1.29 is 5.11 Å². The summed E-state index contributed by atoms with van der Waals surface area (Å²) in [6.45, 7) is 5.09. The summed E-state index contributed by atoms with van der Waals surface area (Å²) in [5.74, 6) is 0.864. The van der Waals surface area contributed by atoms with Gasteiger partial charge < -0.3 is 5.11 Å². The number of aromatic nitrogens is 2. The summed E-state index contributed by atoms with van der Waals surface area (Å²) in [6.07, 6.45) is 4.79. The van der Waals surface area contributed by atoms with Gasteiger partial charge in [-0.05, 0) is 25.7 Å². The van der Waals surface area contributed by atoms with Crippen molar-refractivity contribution in [1.82, 2.24) is 14.7 Å². The molecule has 0 aliphatic heterocycles. The van der Waals surface area contributed by atoms with E-state index in [-0.39, 0.29) is 6.61 Å². The first-order chi connectivity index (χ1) is 7.69. The summed E-state index contributed by atoms with van der Waals surface area (Å²) in [7, 11) is 1.95. The van der Waals surface area contributed by atoms with Crippen LogP contribution in [0.4, 0.5) is 0 Å². The lowest BCUT2D eigenvalue weighted by atomic mass is 10.2. The van der Waals surface area contributed by atoms with E-state index in [1.165, 1.54) is 18.4 Å². The molecule has 0 spiro atoms. The molecule has 0 saturated heterocycles. The lowest BCUT2D eigenvalue weighted by molar-refractivity contribution is 0.184. The molecular formula is C12H21N3O. The van der Waals surface area contributed by atoms with Gasteiger partial charge in [-0.3, -0.25) is 9.58 Å². The van der Waals surface area contributed by atoms with Crippen LogP contribution in [0, 0.1) is 12.8 Å². The fourth-order valence-electron chi connectivity index (χ4n) is 2.09. The second kappa shape index (κ2) is 4.97. The molecule has 1 saturated carbocycles. The van der Waals surface area contributed by atoms with Crippen molar-refractivity contribution in [2.45, 2.75) is 26.3 Å². The first-order valence-electron chi connectivity index (χ1n) is 6.01. The van der Waals surface area contributed by atoms with Crippen LogP contribution >= 0.6 is 0 Å². The summed E-state index contributed by atoms with van der Waals surface area (Å²) in [5, 5.41) is 13.4. The van der Waals surface area contributed by atoms with Crippen LogP contribution < -0.4 is 0 Å². The number of hydrogen-bond donors (Lipinski definition) is 1. The van der Waals surface area contributed by atoms with Gasteiger partial charge in [-0.25, -0.2) is 0 Å². The molecule has 1 heterocycles. The van der Waals surface area contributed by atoms with Crippen molar-refractivity contribution in [2.75, 3.05) is 19.7 Å². The third-order valence-electron chi connectivity index (χ3n) is 3.14. The van der Waals surface area contributed by atoms with E-state index in [2.05, 4.69) is 16.2 Å². The zero-order valence-corrected chi connectivity index (χ0v) is 10.2. The molecule has 0 radical (unpaired) electrons. The number of aliphatic hydroxyl groups is 1. The highest BCUT2D eigenvalue weighted by Gasteiger charge is 2.24. The third kappa shape index (κ3) is 3.06. The zero-order valence-electron chi connectivity index (χ0n) is 10.2. The largest absolute Gasteiger partial charge is 0.395 e. The molecule has 2 rings (SSSR count). The second-order valence-electron chi connectivity index (χ2n) is 4.82. The van der Waals surface area contributed by atoms with Crippen molar-refractivity contribution in [1.29, 1.82) is 0 Å². The average molecular weight is 223 g/mol. The predicted octanol–water partition coefficient (Wildman–Crippen LogP) is 0.933. The van der Waals surface area contributed by atoms with E-state index in [4.69, 9.17) is 5.11 Å². The smallest absolute Gasteiger partial charge is 0.0638 e. The molecule has 90 valence electrons. The van der Waals surface area contributed by atoms with E-state index in [1.54, 1.807) is 0 Å². The molecule has 1 aliphatic carbocycles. The van der Waals surface area contributed by atoms with Gasteiger partial charge in [0.1, 0.15) is 0 Å². The van der Waals surface area contributed by atoms with Gasteiger partial charge in [0.2, 0.25) is 0 Å². The molecule has 4 nitrogen and oxygen atoms in total. The van der Waals surface area contributed by atoms with Crippen molar-refractivity contribution in [2.24, 2.45) is 13.0 Å². The normalized spacial score (nSPS) is 16.0. The molecule has 0 bridgehead atoms. The molecule has 1 aromatic heterocycles. The highest BCUT2D eigenvalue weighted by molar-refractivity contribution is 5.15. The van der Waals surface area contributed by atoms with Gasteiger partial charge in [-0.15, -0.1) is 0 Å². The minimum Gasteiger partial charge on any atom is -0.395 e. The van der Waals surface area contributed by atoms with Gasteiger partial charge in [0, 0.05) is 38.4 Å². The van der Waals surface area contributed by atoms with Crippen LogP contribution in [0.3, 0.4) is 0 Å². The van der Waals surface area contributed by atoms with E-state index in [0.717, 1.165) is 31.2 Å². The Labute approximate surface area is 96.9 Å². The number of hydrogen-bond acceptors (Lipinski definition) is 3. The fourth-order valence-corrected chi connectivity index (χ4v) is 2.09. The molecule has 0 amide bonds. The summed E-state index contributed by atoms with van der Waals surface area (Å²) in [6, 6.07) is 0. The molecule has 0 atom stereocenters. The molecule has 1 aliphatic rings. The highest BCUT2D eigenvalue weighted by atomic mass is 16.3. The van der Waals surface area contributed by atoms with Crippen LogP contribution in [0.2, 0.25) is 0 Å². The van der Waals surface area contributed by atoms with Crippen LogP contribution in [-0.2, 0) is 13.6 Å². The molecule has 4 heteroatoms. The minimum atomic E-state index is 0.242. The van der Waals surface area contributed by atoms with Crippen LogP contribution in [0.25, 0.3) is 0 Å². The lowest BCUT2D eigenvalue weighted by Gasteiger charge is -2.20. The van der Waals surface area contributed by atoms with Gasteiger partial charge in [0.15, 0.2) is 0 Å². The molecule has 0 unspecified atom stereocenters. The Bertz CT molecular complexity index is 344. The molecule has 1 fully saturated rings. The van der Waals surface area contributed by atoms with Gasteiger partial charge in [0.25, 0.3) is 0 Å². The summed E-state index contributed by atoms with van der Waals surface area (Å²) >= 11 is 0. The zero-order chi connectivity index (χ0) is 11.5. The minimum absolute atomic E-state index is 0.242. The number of aryl methyl sites for hydroxylation is 2. The molecular weight excluding hydrogens is 202 g/mol. The molecule has 1 N–H and O–H groups in total. The Hall–Kier alpha value is -0.870. The monoisotopic (exact) mass is 223 g/mol. The predicted molar refractivity (Wildman–Crippen MR) is 63.0 cm³/mol. The standard InChI is InChI=1S/C12H21N3O/c1-10-12(8-14(2)13-10)9-15(5-6-16)7-11-3-4-11/h8,11,16H,3-7,9H2,1-2H3. The Morgan fingerprint density at radius 3 is 2.81 bits per heavy atom. The van der Waals surface area contributed by atoms with E-state index >= 15 is 0 Å². The SMILES string of the molecule is Cc1nn(C)cc1CN(CCO)CC1CC1. The van der Waals surface area contributed by atoms with Gasteiger partial charge >= 0.3 is 0 Å². The maximum atomic E-state index is 9.06. The molecule has 16 heavy (non-hydrogen) atoms. The number of rotatable bonds is 6. The summed E-state index contributed by atoms with van der Waals surface area (Å²) in [5.41, 5.74) is 2.37. The Balaban J connectivity index is 1.95. The van der Waals surface area contributed by atoms with E-state index in [1.807, 2.05) is 18.7 Å². The Morgan fingerprint density at radius 1 is 1.56 bits per heavy atom. The third-order valence-corrected chi connectivity index (χ3v) is 3.14. The summed E-state index contributed by atoms with van der Waals surface area (Å²) < 4.78 is 1.86. The van der Waals surface area contributed by atoms with Crippen molar-refractivity contribution in [3.05, 3.63) is 17.5 Å². The maximum absolute atomic E-state index is 9.06. The van der Waals surface area contributed by atoms with Gasteiger partial charge in [0.05, 0.1) is 12.3 Å². The van der Waals surface area contributed by atoms with E-state index in [0.29, 0.717) is 0 Å². The topological polar surface area (TPSA) is 41.3 Å².